The van der Waals surface area contributed by atoms with E-state index in [1.807, 2.05) is 0 Å². The average Bonchev–Trinajstić information content (AvgIpc) is 3.21. The number of morpholine rings is 1. The molecule has 2 saturated heterocycles. The van der Waals surface area contributed by atoms with Crippen LogP contribution in [0.2, 0.25) is 18.1 Å². The van der Waals surface area contributed by atoms with Crippen LogP contribution in [0.1, 0.15) is 32.6 Å². The summed E-state index contributed by atoms with van der Waals surface area (Å²) in [6.45, 7) is 8.36. The van der Waals surface area contributed by atoms with Crippen LogP contribution in [-0.4, -0.2) is 62.5 Å². The first-order valence-electron chi connectivity index (χ1n) is 9.47. The van der Waals surface area contributed by atoms with Crippen LogP contribution in [0, 0.1) is 0 Å². The molecule has 2 atom stereocenters. The van der Waals surface area contributed by atoms with E-state index in [1.165, 1.54) is 4.90 Å². The van der Waals surface area contributed by atoms with Gasteiger partial charge in [0.15, 0.2) is 14.4 Å². The third-order valence-corrected chi connectivity index (χ3v) is 10.3. The summed E-state index contributed by atoms with van der Waals surface area (Å²) in [6, 6.07) is 5.67. The molecule has 1 aromatic heterocycles. The van der Waals surface area contributed by atoms with Crippen molar-refractivity contribution in [2.75, 3.05) is 26.3 Å². The molecule has 7 nitrogen and oxygen atoms in total. The Bertz CT molecular complexity index is 617. The van der Waals surface area contributed by atoms with Crippen molar-refractivity contribution in [1.82, 2.24) is 9.80 Å². The zero-order valence-corrected chi connectivity index (χ0v) is 16.8. The molecule has 2 aliphatic rings. The molecule has 0 spiro atoms. The Morgan fingerprint density at radius 1 is 1.23 bits per heavy atom. The highest BCUT2D eigenvalue weighted by molar-refractivity contribution is 6.73. The van der Waals surface area contributed by atoms with Gasteiger partial charge < -0.3 is 18.5 Å². The highest BCUT2D eigenvalue weighted by Gasteiger charge is 2.56. The van der Waals surface area contributed by atoms with Crippen molar-refractivity contribution < 1.29 is 23.2 Å². The number of rotatable bonds is 6. The molecule has 2 aliphatic heterocycles. The summed E-state index contributed by atoms with van der Waals surface area (Å²) in [7, 11) is -1.98. The highest BCUT2D eigenvalue weighted by atomic mass is 28.4. The Morgan fingerprint density at radius 3 is 2.42 bits per heavy atom. The zero-order chi connectivity index (χ0) is 18.7. The minimum atomic E-state index is -1.98. The Hall–Kier alpha value is -1.64. The van der Waals surface area contributed by atoms with E-state index >= 15 is 0 Å². The van der Waals surface area contributed by atoms with Crippen molar-refractivity contribution in [3.8, 4) is 0 Å². The van der Waals surface area contributed by atoms with Crippen LogP contribution in [0.5, 0.6) is 0 Å². The Morgan fingerprint density at radius 2 is 1.88 bits per heavy atom. The number of hydrogen-bond donors (Lipinski definition) is 0. The van der Waals surface area contributed by atoms with Crippen molar-refractivity contribution in [3.63, 3.8) is 0 Å². The number of carbonyl (C=O) groups excluding carboxylic acids is 2. The normalized spacial score (nSPS) is 23.9. The quantitative estimate of drug-likeness (QED) is 0.560. The first kappa shape index (κ1) is 19.1. The lowest BCUT2D eigenvalue weighted by Crippen LogP contribution is -2.67. The molecule has 3 rings (SSSR count). The molecule has 0 aromatic carbocycles. The van der Waals surface area contributed by atoms with Gasteiger partial charge in [-0.15, -0.1) is 0 Å². The van der Waals surface area contributed by atoms with Crippen molar-refractivity contribution in [1.29, 1.82) is 0 Å². The van der Waals surface area contributed by atoms with Gasteiger partial charge in [0.05, 0.1) is 19.5 Å². The predicted octanol–water partition coefficient (Wildman–Crippen LogP) is 3.01. The molecule has 0 radical (unpaired) electrons. The van der Waals surface area contributed by atoms with Gasteiger partial charge in [-0.05, 0) is 30.3 Å². The van der Waals surface area contributed by atoms with Gasteiger partial charge in [-0.3, -0.25) is 4.79 Å². The molecule has 1 aromatic rings. The van der Waals surface area contributed by atoms with Crippen LogP contribution < -0.4 is 0 Å². The minimum absolute atomic E-state index is 0.255. The predicted molar refractivity (Wildman–Crippen MR) is 98.2 cm³/mol. The van der Waals surface area contributed by atoms with Crippen molar-refractivity contribution >= 4 is 20.3 Å². The van der Waals surface area contributed by atoms with Gasteiger partial charge in [-0.25, -0.2) is 9.69 Å². The van der Waals surface area contributed by atoms with Gasteiger partial charge in [0, 0.05) is 13.1 Å². The third kappa shape index (κ3) is 3.33. The van der Waals surface area contributed by atoms with E-state index in [0.717, 1.165) is 18.1 Å². The summed E-state index contributed by atoms with van der Waals surface area (Å²) in [5.74, 6) is 0.345. The van der Waals surface area contributed by atoms with Gasteiger partial charge in [0.2, 0.25) is 0 Å². The Balaban J connectivity index is 1.83. The number of nitrogens with zero attached hydrogens (tertiary/aromatic N) is 2. The second-order valence-electron chi connectivity index (χ2n) is 6.83. The van der Waals surface area contributed by atoms with Crippen LogP contribution in [0.4, 0.5) is 4.79 Å². The molecule has 0 aliphatic carbocycles. The van der Waals surface area contributed by atoms with Gasteiger partial charge in [0.1, 0.15) is 11.8 Å². The molecule has 8 heteroatoms. The third-order valence-electron chi connectivity index (χ3n) is 5.68. The lowest BCUT2D eigenvalue weighted by Gasteiger charge is -2.49. The second-order valence-corrected chi connectivity index (χ2v) is 11.6. The maximum Gasteiger partial charge on any atom is 0.327 e. The van der Waals surface area contributed by atoms with E-state index < -0.39 is 20.5 Å². The van der Waals surface area contributed by atoms with Crippen LogP contribution in [0.3, 0.4) is 0 Å². The van der Waals surface area contributed by atoms with E-state index in [1.54, 1.807) is 23.3 Å². The molecule has 0 bridgehead atoms. The van der Waals surface area contributed by atoms with Crippen molar-refractivity contribution in [2.45, 2.75) is 51.0 Å². The number of likely N-dealkylation sites (tertiary alicyclic amines) is 1. The molecule has 2 unspecified atom stereocenters. The molecule has 144 valence electrons. The lowest BCUT2D eigenvalue weighted by atomic mass is 9.96. The van der Waals surface area contributed by atoms with Crippen LogP contribution >= 0.6 is 0 Å². The van der Waals surface area contributed by atoms with E-state index in [9.17, 15) is 9.59 Å². The molecule has 3 amide bonds. The summed E-state index contributed by atoms with van der Waals surface area (Å²) in [5, 5.41) is 0. The number of urea groups is 1. The van der Waals surface area contributed by atoms with E-state index in [0.29, 0.717) is 32.1 Å². The fraction of sp³-hybridized carbons (Fsp3) is 0.667. The number of amides is 3. The molecular formula is C18H28N2O5Si. The van der Waals surface area contributed by atoms with E-state index in [-0.39, 0.29) is 11.9 Å². The number of hydrogen-bond acceptors (Lipinski definition) is 5. The zero-order valence-electron chi connectivity index (χ0n) is 15.8. The molecular weight excluding hydrogens is 352 g/mol. The number of β-lactam (4-membered cyclic amide) rings is 1. The van der Waals surface area contributed by atoms with E-state index in [4.69, 9.17) is 13.6 Å². The fourth-order valence-corrected chi connectivity index (χ4v) is 6.47. The topological polar surface area (TPSA) is 72.2 Å². The lowest BCUT2D eigenvalue weighted by molar-refractivity contribution is -0.161. The molecule has 26 heavy (non-hydrogen) atoms. The minimum Gasteiger partial charge on any atom is -0.467 e. The van der Waals surface area contributed by atoms with E-state index in [2.05, 4.69) is 20.8 Å². The summed E-state index contributed by atoms with van der Waals surface area (Å²) < 4.78 is 17.3. The number of ether oxygens (including phenoxy) is 1. The Labute approximate surface area is 155 Å². The summed E-state index contributed by atoms with van der Waals surface area (Å²) >= 11 is 0. The number of imide groups is 1. The first-order chi connectivity index (χ1) is 12.6. The van der Waals surface area contributed by atoms with Gasteiger partial charge >= 0.3 is 6.03 Å². The first-order valence-corrected chi connectivity index (χ1v) is 12.0. The maximum atomic E-state index is 12.9. The highest BCUT2D eigenvalue weighted by Crippen LogP contribution is 2.41. The van der Waals surface area contributed by atoms with Crippen LogP contribution in [-0.2, 0) is 14.0 Å². The van der Waals surface area contributed by atoms with Gasteiger partial charge in [-0.2, -0.15) is 0 Å². The second kappa shape index (κ2) is 7.94. The largest absolute Gasteiger partial charge is 0.467 e. The summed E-state index contributed by atoms with van der Waals surface area (Å²) in [4.78, 5) is 28.8. The summed E-state index contributed by atoms with van der Waals surface area (Å²) in [6.07, 6.45) is 0.939. The maximum absolute atomic E-state index is 12.9. The molecule has 0 N–H and O–H groups in total. The number of carbonyl (C=O) groups is 2. The van der Waals surface area contributed by atoms with Crippen molar-refractivity contribution in [2.24, 2.45) is 0 Å². The SMILES string of the molecule is CC[Si](CC)(CC)OC1C(=O)N(C(=O)N2CCOCC2)C1c1ccco1. The average molecular weight is 381 g/mol. The van der Waals surface area contributed by atoms with Crippen LogP contribution in [0.15, 0.2) is 22.8 Å². The fourth-order valence-electron chi connectivity index (χ4n) is 3.70. The molecule has 2 fully saturated rings. The van der Waals surface area contributed by atoms with Crippen molar-refractivity contribution in [3.05, 3.63) is 24.2 Å². The standard InChI is InChI=1S/C18H28N2O5Si/c1-4-26(5-2,6-3)25-16-15(14-8-7-11-24-14)20(17(16)21)18(22)19-9-12-23-13-10-19/h7-8,11,15-16H,4-6,9-10,12-13H2,1-3H3. The monoisotopic (exact) mass is 380 g/mol. The smallest absolute Gasteiger partial charge is 0.327 e. The molecule has 3 heterocycles. The van der Waals surface area contributed by atoms with Gasteiger partial charge in [-0.1, -0.05) is 20.8 Å². The summed E-state index contributed by atoms with van der Waals surface area (Å²) in [5.41, 5.74) is 0. The Kier molecular flexibility index (Phi) is 5.84. The number of furan rings is 1. The van der Waals surface area contributed by atoms with Crippen LogP contribution in [0.25, 0.3) is 0 Å². The molecule has 0 saturated carbocycles. The van der Waals surface area contributed by atoms with Gasteiger partial charge in [0.25, 0.3) is 5.91 Å².